The van der Waals surface area contributed by atoms with E-state index in [1.165, 1.54) is 61.6 Å². The van der Waals surface area contributed by atoms with Gasteiger partial charge in [0.2, 0.25) is 0 Å². The number of nitriles is 2. The normalized spacial score (nSPS) is 10.5. The van der Waals surface area contributed by atoms with E-state index in [2.05, 4.69) is 273 Å². The Hall–Kier alpha value is -6.36. The molecule has 70 heavy (non-hydrogen) atoms. The molecule has 2 nitrogen and oxygen atoms in total. The molecule has 0 aliphatic rings. The minimum Gasteiger partial charge on any atom is -0.0620 e. The molecule has 0 aliphatic heterocycles. The summed E-state index contributed by atoms with van der Waals surface area (Å²) in [6.07, 6.45) is 0. The molecular weight excluding hydrogens is 1000 g/mol. The van der Waals surface area contributed by atoms with Crippen LogP contribution in [0.5, 0.6) is 0 Å². The molecule has 12 heteroatoms. The average molecular weight is 1060 g/mol. The van der Waals surface area contributed by atoms with Gasteiger partial charge in [0.05, 0.1) is 35.9 Å². The summed E-state index contributed by atoms with van der Waals surface area (Å²) in [7, 11) is -11.4. The predicted octanol–water partition coefficient (Wildman–Crippen LogP) is 12.3. The van der Waals surface area contributed by atoms with Crippen LogP contribution in [0.15, 0.2) is 273 Å². The molecule has 0 bridgehead atoms. The number of halogens is 5. The van der Waals surface area contributed by atoms with Crippen molar-refractivity contribution in [1.29, 1.82) is 10.5 Å². The number of hydrogen-bond donors (Lipinski definition) is 0. The van der Waals surface area contributed by atoms with Gasteiger partial charge >= 0.3 is 46.6 Å². The Bertz CT molecular complexity index is 2240. The van der Waals surface area contributed by atoms with Crippen LogP contribution in [0, 0.1) is 22.7 Å². The Morgan fingerprint density at radius 3 is 0.400 bits per heavy atom. The molecule has 358 valence electrons. The van der Waals surface area contributed by atoms with E-state index in [0.29, 0.717) is 0 Å². The summed E-state index contributed by atoms with van der Waals surface area (Å²) < 4.78 is 49.3. The van der Waals surface area contributed by atoms with Gasteiger partial charge in [0, 0.05) is 13.8 Å². The second-order valence-electron chi connectivity index (χ2n) is 14.6. The Kier molecular flexibility index (Phi) is 26.2. The van der Waals surface area contributed by atoms with Gasteiger partial charge in [-0.25, -0.2) is 0 Å². The van der Waals surface area contributed by atoms with Gasteiger partial charge in [0.1, 0.15) is 47.7 Å². The van der Waals surface area contributed by atoms with Crippen LogP contribution in [0.1, 0.15) is 13.8 Å². The van der Waals surface area contributed by atoms with Gasteiger partial charge in [-0.1, -0.05) is 164 Å². The first-order chi connectivity index (χ1) is 33.4. The van der Waals surface area contributed by atoms with Crippen LogP contribution >= 0.6 is 23.8 Å². The summed E-state index contributed by atoms with van der Waals surface area (Å²) in [5, 5.41) is 27.6. The molecule has 0 saturated carbocycles. The molecule has 0 atom stereocenters. The van der Waals surface area contributed by atoms with Gasteiger partial charge in [-0.15, -0.1) is 0 Å². The van der Waals surface area contributed by atoms with Crippen molar-refractivity contribution in [2.75, 3.05) is 0 Å². The minimum atomic E-state index is -8.75. The molecule has 0 spiro atoms. The third-order valence-electron chi connectivity index (χ3n) is 9.56. The summed E-state index contributed by atoms with van der Waals surface area (Å²) in [4.78, 5) is 0. The van der Waals surface area contributed by atoms with Gasteiger partial charge in [-0.3, -0.25) is 0 Å². The standard InChI is InChI=1S/3C18H15P.2C2H3N.Cu.F5Si/c3*1-4-10-16(11-5-1)19(17-12-6-2-7-13-17)18-14-8-3-9-15-18;2*1-2-3;;1-6(2,3,4)5/h3*1-15H;2*1H3;;/q;;;;;+1;-1/p+3. The summed E-state index contributed by atoms with van der Waals surface area (Å²) in [5.41, 5.74) is 0. The van der Waals surface area contributed by atoms with Crippen molar-refractivity contribution in [3.8, 4) is 12.1 Å². The quantitative estimate of drug-likeness (QED) is 0.0626. The Morgan fingerprint density at radius 2 is 0.329 bits per heavy atom. The molecule has 0 radical (unpaired) electrons. The van der Waals surface area contributed by atoms with Crippen LogP contribution < -0.4 is 47.7 Å². The van der Waals surface area contributed by atoms with Gasteiger partial charge in [-0.05, 0) is 109 Å². The number of rotatable bonds is 9. The predicted molar refractivity (Wildman–Crippen MR) is 293 cm³/mol. The van der Waals surface area contributed by atoms with E-state index in [1.54, 1.807) is 12.1 Å². The molecule has 0 N–H and O–H groups in total. The maximum absolute atomic E-state index is 9.86. The average Bonchev–Trinajstić information content (AvgIpc) is 3.37. The zero-order valence-electron chi connectivity index (χ0n) is 38.6. The van der Waals surface area contributed by atoms with Crippen LogP contribution in [0.2, 0.25) is 0 Å². The van der Waals surface area contributed by atoms with Crippen molar-refractivity contribution >= 4 is 80.5 Å². The van der Waals surface area contributed by atoms with Gasteiger partial charge in [0.15, 0.2) is 0 Å². The van der Waals surface area contributed by atoms with Crippen molar-refractivity contribution < 1.29 is 37.6 Å². The van der Waals surface area contributed by atoms with E-state index >= 15 is 0 Å². The van der Waals surface area contributed by atoms with Crippen LogP contribution in [0.3, 0.4) is 0 Å². The zero-order chi connectivity index (χ0) is 49.6. The zero-order valence-corrected chi connectivity index (χ0v) is 43.5. The van der Waals surface area contributed by atoms with Crippen LogP contribution in [0.25, 0.3) is 0 Å². The minimum absolute atomic E-state index is 0. The summed E-state index contributed by atoms with van der Waals surface area (Å²) in [5.74, 6) is 0. The second-order valence-corrected chi connectivity index (χ2v) is 23.5. The second kappa shape index (κ2) is 31.7. The van der Waals surface area contributed by atoms with Gasteiger partial charge in [-0.2, -0.15) is 10.5 Å². The molecule has 0 fully saturated rings. The molecule has 0 heterocycles. The fraction of sp³-hybridized carbons (Fsp3) is 0.0345. The van der Waals surface area contributed by atoms with Gasteiger partial charge in [0.25, 0.3) is 0 Å². The van der Waals surface area contributed by atoms with E-state index in [4.69, 9.17) is 10.5 Å². The third-order valence-corrected chi connectivity index (χ3v) is 17.8. The maximum atomic E-state index is 9.86. The molecule has 0 aromatic heterocycles. The molecule has 9 aromatic rings. The largest absolute Gasteiger partial charge is 1.00 e. The fourth-order valence-electron chi connectivity index (χ4n) is 6.94. The van der Waals surface area contributed by atoms with E-state index in [0.717, 1.165) is 0 Å². The van der Waals surface area contributed by atoms with E-state index in [1.807, 2.05) is 0 Å². The molecule has 0 saturated heterocycles. The molecule has 9 rings (SSSR count). The topological polar surface area (TPSA) is 47.6 Å². The Balaban J connectivity index is 0.000000247. The van der Waals surface area contributed by atoms with E-state index < -0.39 is 32.8 Å². The summed E-state index contributed by atoms with van der Waals surface area (Å²) in [6, 6.07) is 101. The van der Waals surface area contributed by atoms with Crippen molar-refractivity contribution in [1.82, 2.24) is 0 Å². The first-order valence-electron chi connectivity index (χ1n) is 21.8. The van der Waals surface area contributed by atoms with Gasteiger partial charge < -0.3 is 0 Å². The third kappa shape index (κ3) is 21.9. The Labute approximate surface area is 425 Å². The summed E-state index contributed by atoms with van der Waals surface area (Å²) >= 11 is 0. The fourth-order valence-corrected chi connectivity index (χ4v) is 14.7. The first-order valence-corrected chi connectivity index (χ1v) is 28.2. The SMILES string of the molecule is CC#N.CC#N.F[Si-](F)(F)(F)F.[Cu+].c1ccc([PH+](c2ccccc2)c2ccccc2)cc1.c1ccc([PH+](c2ccccc2)c2ccccc2)cc1.c1ccc([PH+](c2ccccc2)c2ccccc2)cc1. The number of benzene rings is 9. The molecule has 9 aromatic carbocycles. The monoisotopic (exact) mass is 1060 g/mol. The number of hydrogen-bond acceptors (Lipinski definition) is 2. The van der Waals surface area contributed by atoms with E-state index in [9.17, 15) is 20.5 Å². The smallest absolute Gasteiger partial charge is 0.0620 e. The van der Waals surface area contributed by atoms with Crippen molar-refractivity contribution in [2.24, 2.45) is 0 Å². The van der Waals surface area contributed by atoms with Crippen molar-refractivity contribution in [3.63, 3.8) is 0 Å². The molecule has 0 amide bonds. The maximum Gasteiger partial charge on any atom is 1.00 e. The summed E-state index contributed by atoms with van der Waals surface area (Å²) in [6.45, 7) is 2.86. The molecule has 0 unspecified atom stereocenters. The molecular formula is C58H54CuF5N2P3Si+3. The first kappa shape index (κ1) is 58.0. The molecule has 0 aliphatic carbocycles. The Morgan fingerprint density at radius 1 is 0.257 bits per heavy atom. The van der Waals surface area contributed by atoms with Crippen molar-refractivity contribution in [3.05, 3.63) is 273 Å². The van der Waals surface area contributed by atoms with Crippen molar-refractivity contribution in [2.45, 2.75) is 13.8 Å². The van der Waals surface area contributed by atoms with Crippen LogP contribution in [0.4, 0.5) is 20.5 Å². The van der Waals surface area contributed by atoms with E-state index in [-0.39, 0.29) is 17.1 Å². The van der Waals surface area contributed by atoms with Crippen LogP contribution in [-0.4, -0.2) is 9.02 Å². The van der Waals surface area contributed by atoms with Crippen LogP contribution in [-0.2, 0) is 17.1 Å². The number of nitrogens with zero attached hydrogens (tertiary/aromatic N) is 2.